The fourth-order valence-electron chi connectivity index (χ4n) is 3.11. The number of sulfone groups is 1. The second-order valence-corrected chi connectivity index (χ2v) is 7.55. The summed E-state index contributed by atoms with van der Waals surface area (Å²) in [5, 5.41) is 18.3. The zero-order valence-electron chi connectivity index (χ0n) is 11.8. The molecule has 22 heavy (non-hydrogen) atoms. The van der Waals surface area contributed by atoms with E-state index in [9.17, 15) is 18.8 Å². The SMILES string of the molecule is N#C[C@]1(CO)[C@@H](c2ccccc2)[C@@H]1S(=O)(=O)c1ccccc1. The van der Waals surface area contributed by atoms with Gasteiger partial charge in [-0.25, -0.2) is 8.42 Å². The minimum absolute atomic E-state index is 0.187. The van der Waals surface area contributed by atoms with Crippen LogP contribution in [0.3, 0.4) is 0 Å². The number of rotatable bonds is 4. The van der Waals surface area contributed by atoms with E-state index in [0.717, 1.165) is 5.56 Å². The fourth-order valence-corrected chi connectivity index (χ4v) is 5.44. The van der Waals surface area contributed by atoms with E-state index >= 15 is 0 Å². The third-order valence-corrected chi connectivity index (χ3v) is 6.58. The Morgan fingerprint density at radius 2 is 1.59 bits per heavy atom. The molecular formula is C17H15NO3S. The Balaban J connectivity index is 2.08. The Hall–Kier alpha value is -2.16. The molecule has 0 spiro atoms. The van der Waals surface area contributed by atoms with E-state index in [4.69, 9.17) is 0 Å². The van der Waals surface area contributed by atoms with Gasteiger partial charge in [0.2, 0.25) is 0 Å². The molecule has 5 heteroatoms. The average molecular weight is 313 g/mol. The molecule has 0 amide bonds. The summed E-state index contributed by atoms with van der Waals surface area (Å²) in [4.78, 5) is 0.187. The number of nitriles is 1. The predicted molar refractivity (Wildman–Crippen MR) is 81.7 cm³/mol. The lowest BCUT2D eigenvalue weighted by Crippen LogP contribution is -2.18. The predicted octanol–water partition coefficient (Wildman–Crippen LogP) is 2.13. The van der Waals surface area contributed by atoms with Crippen molar-refractivity contribution in [2.45, 2.75) is 16.1 Å². The van der Waals surface area contributed by atoms with Crippen molar-refractivity contribution >= 4 is 9.84 Å². The average Bonchev–Trinajstić information content (AvgIpc) is 3.27. The van der Waals surface area contributed by atoms with Crippen molar-refractivity contribution in [2.75, 3.05) is 6.61 Å². The van der Waals surface area contributed by atoms with Gasteiger partial charge in [-0.15, -0.1) is 0 Å². The first-order chi connectivity index (χ1) is 10.6. The van der Waals surface area contributed by atoms with Crippen LogP contribution in [0.25, 0.3) is 0 Å². The molecule has 112 valence electrons. The molecule has 2 aromatic rings. The summed E-state index contributed by atoms with van der Waals surface area (Å²) in [6, 6.07) is 19.2. The molecule has 0 bridgehead atoms. The topological polar surface area (TPSA) is 78.2 Å². The minimum Gasteiger partial charge on any atom is -0.395 e. The molecule has 1 fully saturated rings. The van der Waals surface area contributed by atoms with Gasteiger partial charge in [-0.3, -0.25) is 0 Å². The summed E-state index contributed by atoms with van der Waals surface area (Å²) in [5.74, 6) is -0.506. The first kappa shape index (κ1) is 14.8. The van der Waals surface area contributed by atoms with Crippen molar-refractivity contribution < 1.29 is 13.5 Å². The highest BCUT2D eigenvalue weighted by Crippen LogP contribution is 2.63. The van der Waals surface area contributed by atoms with Gasteiger partial charge in [0.25, 0.3) is 0 Å². The van der Waals surface area contributed by atoms with Gasteiger partial charge in [0, 0.05) is 5.92 Å². The third-order valence-electron chi connectivity index (χ3n) is 4.29. The molecule has 0 aliphatic heterocycles. The van der Waals surface area contributed by atoms with Crippen molar-refractivity contribution in [1.82, 2.24) is 0 Å². The maximum atomic E-state index is 12.8. The summed E-state index contributed by atoms with van der Waals surface area (Å²) >= 11 is 0. The highest BCUT2D eigenvalue weighted by Gasteiger charge is 2.72. The number of aliphatic hydroxyl groups is 1. The van der Waals surface area contributed by atoms with Crippen molar-refractivity contribution in [3.63, 3.8) is 0 Å². The van der Waals surface area contributed by atoms with Gasteiger partial charge in [0.15, 0.2) is 9.84 Å². The van der Waals surface area contributed by atoms with E-state index in [0.29, 0.717) is 0 Å². The van der Waals surface area contributed by atoms with E-state index in [1.165, 1.54) is 12.1 Å². The van der Waals surface area contributed by atoms with Gasteiger partial charge in [-0.1, -0.05) is 48.5 Å². The highest BCUT2D eigenvalue weighted by atomic mass is 32.2. The first-order valence-electron chi connectivity index (χ1n) is 6.94. The van der Waals surface area contributed by atoms with Crippen LogP contribution in [0.4, 0.5) is 0 Å². The van der Waals surface area contributed by atoms with Crippen LogP contribution in [-0.4, -0.2) is 25.4 Å². The van der Waals surface area contributed by atoms with Gasteiger partial charge >= 0.3 is 0 Å². The first-order valence-corrected chi connectivity index (χ1v) is 8.48. The van der Waals surface area contributed by atoms with E-state index in [-0.39, 0.29) is 4.90 Å². The molecule has 1 N–H and O–H groups in total. The Labute approximate surface area is 129 Å². The lowest BCUT2D eigenvalue weighted by atomic mass is 10.0. The summed E-state index contributed by atoms with van der Waals surface area (Å²) in [6.07, 6.45) is 0. The van der Waals surface area contributed by atoms with E-state index in [1.807, 2.05) is 12.1 Å². The summed E-state index contributed by atoms with van der Waals surface area (Å²) in [6.45, 7) is -0.472. The fraction of sp³-hybridized carbons (Fsp3) is 0.235. The molecule has 2 aromatic carbocycles. The van der Waals surface area contributed by atoms with Crippen LogP contribution in [0.2, 0.25) is 0 Å². The van der Waals surface area contributed by atoms with Crippen molar-refractivity contribution in [2.24, 2.45) is 5.41 Å². The molecule has 1 saturated carbocycles. The Bertz CT molecular complexity index is 812. The standard InChI is InChI=1S/C17H15NO3S/c18-11-17(12-19)15(13-7-3-1-4-8-13)16(17)22(20,21)14-9-5-2-6-10-14/h1-10,15-16,19H,12H2/t15-,16-,17-/m0/s1. The van der Waals surface area contributed by atoms with Crippen LogP contribution < -0.4 is 0 Å². The van der Waals surface area contributed by atoms with Crippen molar-refractivity contribution in [3.05, 3.63) is 66.2 Å². The minimum atomic E-state index is -3.68. The molecule has 3 atom stereocenters. The lowest BCUT2D eigenvalue weighted by Gasteiger charge is -2.05. The van der Waals surface area contributed by atoms with Crippen LogP contribution >= 0.6 is 0 Å². The molecule has 0 heterocycles. The molecular weight excluding hydrogens is 298 g/mol. The Morgan fingerprint density at radius 3 is 2.09 bits per heavy atom. The summed E-state index contributed by atoms with van der Waals surface area (Å²) in [7, 11) is -3.68. The molecule has 0 radical (unpaired) electrons. The molecule has 0 unspecified atom stereocenters. The van der Waals surface area contributed by atoms with E-state index < -0.39 is 33.0 Å². The zero-order chi connectivity index (χ0) is 15.8. The van der Waals surface area contributed by atoms with Crippen molar-refractivity contribution in [3.8, 4) is 6.07 Å². The smallest absolute Gasteiger partial charge is 0.183 e. The van der Waals surface area contributed by atoms with Crippen LogP contribution in [0, 0.1) is 16.7 Å². The van der Waals surface area contributed by atoms with Crippen LogP contribution in [0.1, 0.15) is 11.5 Å². The molecule has 0 saturated heterocycles. The molecule has 3 rings (SSSR count). The second kappa shape index (κ2) is 5.24. The maximum absolute atomic E-state index is 12.8. The molecule has 4 nitrogen and oxygen atoms in total. The number of aliphatic hydroxyl groups excluding tert-OH is 1. The largest absolute Gasteiger partial charge is 0.395 e. The molecule has 1 aliphatic carbocycles. The summed E-state index contributed by atoms with van der Waals surface area (Å²) in [5.41, 5.74) is -0.502. The number of hydrogen-bond acceptors (Lipinski definition) is 4. The number of benzene rings is 2. The lowest BCUT2D eigenvalue weighted by molar-refractivity contribution is 0.242. The Morgan fingerprint density at radius 1 is 1.05 bits per heavy atom. The quantitative estimate of drug-likeness (QED) is 0.938. The highest BCUT2D eigenvalue weighted by molar-refractivity contribution is 7.92. The molecule has 0 aromatic heterocycles. The van der Waals surface area contributed by atoms with E-state index in [1.54, 1.807) is 42.5 Å². The number of nitrogens with zero attached hydrogens (tertiary/aromatic N) is 1. The van der Waals surface area contributed by atoms with Crippen LogP contribution in [0.5, 0.6) is 0 Å². The number of hydrogen-bond donors (Lipinski definition) is 1. The van der Waals surface area contributed by atoms with Crippen LogP contribution in [-0.2, 0) is 9.84 Å². The van der Waals surface area contributed by atoms with Gasteiger partial charge in [-0.2, -0.15) is 5.26 Å². The van der Waals surface area contributed by atoms with Gasteiger partial charge in [-0.05, 0) is 17.7 Å². The summed E-state index contributed by atoms with van der Waals surface area (Å²) < 4.78 is 25.7. The Kier molecular flexibility index (Phi) is 3.51. The molecule has 1 aliphatic rings. The van der Waals surface area contributed by atoms with E-state index in [2.05, 4.69) is 0 Å². The van der Waals surface area contributed by atoms with Crippen LogP contribution in [0.15, 0.2) is 65.6 Å². The van der Waals surface area contributed by atoms with Gasteiger partial charge in [0.05, 0.1) is 22.8 Å². The monoisotopic (exact) mass is 313 g/mol. The maximum Gasteiger partial charge on any atom is 0.183 e. The second-order valence-electron chi connectivity index (χ2n) is 5.48. The van der Waals surface area contributed by atoms with Gasteiger partial charge in [0.1, 0.15) is 5.41 Å². The van der Waals surface area contributed by atoms with Gasteiger partial charge < -0.3 is 5.11 Å². The third kappa shape index (κ3) is 2.04. The van der Waals surface area contributed by atoms with Crippen molar-refractivity contribution in [1.29, 1.82) is 5.26 Å². The zero-order valence-corrected chi connectivity index (χ0v) is 12.6. The normalized spacial score (nSPS) is 27.1.